The predicted octanol–water partition coefficient (Wildman–Crippen LogP) is 4.27. The van der Waals surface area contributed by atoms with Crippen LogP contribution in [-0.2, 0) is 0 Å². The minimum Gasteiger partial charge on any atom is -0.390 e. The predicted molar refractivity (Wildman–Crippen MR) is 116 cm³/mol. The van der Waals surface area contributed by atoms with E-state index in [1.807, 2.05) is 44.1 Å². The van der Waals surface area contributed by atoms with E-state index in [-0.39, 0.29) is 0 Å². The highest BCUT2D eigenvalue weighted by atomic mass is 32.1. The first-order chi connectivity index (χ1) is 13.8. The maximum Gasteiger partial charge on any atom is 0.158 e. The maximum absolute atomic E-state index is 10.2. The Hall–Kier alpha value is -2.78. The molecule has 1 unspecified atom stereocenters. The molecule has 1 N–H and O–H groups in total. The van der Waals surface area contributed by atoms with Crippen molar-refractivity contribution < 1.29 is 5.11 Å². The van der Waals surface area contributed by atoms with Crippen molar-refractivity contribution in [1.82, 2.24) is 4.90 Å². The summed E-state index contributed by atoms with van der Waals surface area (Å²) in [6.07, 6.45) is -0.439. The number of nitriles is 2. The Kier molecular flexibility index (Phi) is 7.86. The second kappa shape index (κ2) is 10.1. The number of likely N-dealkylation sites (N-methyl/N-ethyl adjacent to an activating group) is 2. The molecule has 152 valence electrons. The zero-order valence-corrected chi connectivity index (χ0v) is 18.3. The third-order valence-corrected chi connectivity index (χ3v) is 5.61. The summed E-state index contributed by atoms with van der Waals surface area (Å²) >= 11 is 1.18. The standard InChI is InChI=1S/C21H26N6OS/c1-6-27(13-17(28)12-26(4)5)16-7-8-19(14(2)9-16)24-25-21-18(10-22)15(3)20(11-23)29-21/h7-9,17,28H,6,12-13H2,1-5H3/b25-24+. The summed E-state index contributed by atoms with van der Waals surface area (Å²) in [4.78, 5) is 4.57. The van der Waals surface area contributed by atoms with Crippen LogP contribution in [0.4, 0.5) is 16.4 Å². The van der Waals surface area contributed by atoms with Gasteiger partial charge >= 0.3 is 0 Å². The van der Waals surface area contributed by atoms with E-state index in [1.165, 1.54) is 11.3 Å². The minimum absolute atomic E-state index is 0.400. The van der Waals surface area contributed by atoms with Crippen molar-refractivity contribution in [3.63, 3.8) is 0 Å². The topological polar surface area (TPSA) is 99.0 Å². The molecule has 29 heavy (non-hydrogen) atoms. The van der Waals surface area contributed by atoms with Crippen molar-refractivity contribution in [2.75, 3.05) is 38.6 Å². The van der Waals surface area contributed by atoms with E-state index in [1.54, 1.807) is 6.92 Å². The summed E-state index contributed by atoms with van der Waals surface area (Å²) in [6, 6.07) is 10.1. The van der Waals surface area contributed by atoms with Gasteiger partial charge in [0, 0.05) is 25.3 Å². The molecule has 1 heterocycles. The largest absolute Gasteiger partial charge is 0.390 e. The van der Waals surface area contributed by atoms with E-state index < -0.39 is 6.10 Å². The Morgan fingerprint density at radius 2 is 1.86 bits per heavy atom. The van der Waals surface area contributed by atoms with E-state index >= 15 is 0 Å². The van der Waals surface area contributed by atoms with Crippen LogP contribution in [0.2, 0.25) is 0 Å². The van der Waals surface area contributed by atoms with Crippen molar-refractivity contribution in [3.05, 3.63) is 39.8 Å². The average molecular weight is 411 g/mol. The first-order valence-corrected chi connectivity index (χ1v) is 10.2. The zero-order valence-electron chi connectivity index (χ0n) is 17.5. The summed E-state index contributed by atoms with van der Waals surface area (Å²) in [5.74, 6) is 0. The molecule has 7 nitrogen and oxygen atoms in total. The molecule has 1 aromatic heterocycles. The number of benzene rings is 1. The van der Waals surface area contributed by atoms with Gasteiger partial charge < -0.3 is 14.9 Å². The molecular formula is C21H26N6OS. The van der Waals surface area contributed by atoms with Crippen molar-refractivity contribution in [2.45, 2.75) is 26.9 Å². The molecule has 2 aromatic rings. The van der Waals surface area contributed by atoms with Gasteiger partial charge in [0.05, 0.1) is 17.4 Å². The number of anilines is 1. The molecule has 8 heteroatoms. The molecule has 0 saturated carbocycles. The van der Waals surface area contributed by atoms with Crippen molar-refractivity contribution in [1.29, 1.82) is 10.5 Å². The lowest BCUT2D eigenvalue weighted by molar-refractivity contribution is 0.142. The van der Waals surface area contributed by atoms with Crippen LogP contribution in [0.15, 0.2) is 28.4 Å². The fourth-order valence-electron chi connectivity index (χ4n) is 3.01. The summed E-state index contributed by atoms with van der Waals surface area (Å²) in [7, 11) is 3.88. The number of aryl methyl sites for hydroxylation is 1. The number of hydrogen-bond donors (Lipinski definition) is 1. The molecule has 2 rings (SSSR count). The molecule has 0 radical (unpaired) electrons. The van der Waals surface area contributed by atoms with Crippen LogP contribution in [-0.4, -0.2) is 49.8 Å². The van der Waals surface area contributed by atoms with Gasteiger partial charge in [0.2, 0.25) is 0 Å². The third kappa shape index (κ3) is 5.61. The van der Waals surface area contributed by atoms with Crippen LogP contribution in [0.5, 0.6) is 0 Å². The van der Waals surface area contributed by atoms with E-state index in [9.17, 15) is 10.4 Å². The first kappa shape index (κ1) is 22.5. The lowest BCUT2D eigenvalue weighted by Gasteiger charge is -2.27. The molecule has 0 saturated heterocycles. The van der Waals surface area contributed by atoms with Crippen molar-refractivity contribution in [3.8, 4) is 12.1 Å². The Morgan fingerprint density at radius 3 is 2.41 bits per heavy atom. The lowest BCUT2D eigenvalue weighted by Crippen LogP contribution is -2.38. The smallest absolute Gasteiger partial charge is 0.158 e. The van der Waals surface area contributed by atoms with Crippen LogP contribution >= 0.6 is 11.3 Å². The number of aliphatic hydroxyl groups excluding tert-OH is 1. The van der Waals surface area contributed by atoms with Crippen molar-refractivity contribution in [2.24, 2.45) is 10.2 Å². The highest BCUT2D eigenvalue weighted by Crippen LogP contribution is 2.36. The summed E-state index contributed by atoms with van der Waals surface area (Å²) < 4.78 is 0. The van der Waals surface area contributed by atoms with Crippen LogP contribution in [0, 0.1) is 36.5 Å². The number of azo groups is 1. The molecule has 1 aromatic carbocycles. The molecule has 1 atom stereocenters. The number of thiophene rings is 1. The minimum atomic E-state index is -0.439. The lowest BCUT2D eigenvalue weighted by atomic mass is 10.1. The van der Waals surface area contributed by atoms with Gasteiger partial charge in [-0.1, -0.05) is 0 Å². The molecule has 0 spiro atoms. The fourth-order valence-corrected chi connectivity index (χ4v) is 3.88. The molecule has 0 bridgehead atoms. The van der Waals surface area contributed by atoms with Crippen LogP contribution in [0.1, 0.15) is 28.5 Å². The van der Waals surface area contributed by atoms with Crippen molar-refractivity contribution >= 4 is 27.7 Å². The highest BCUT2D eigenvalue weighted by molar-refractivity contribution is 7.16. The molecule has 0 aliphatic rings. The quantitative estimate of drug-likeness (QED) is 0.655. The zero-order chi connectivity index (χ0) is 21.6. The monoisotopic (exact) mass is 410 g/mol. The van der Waals surface area contributed by atoms with Gasteiger partial charge in [-0.15, -0.1) is 21.6 Å². The molecular weight excluding hydrogens is 384 g/mol. The van der Waals surface area contributed by atoms with Gasteiger partial charge in [0.1, 0.15) is 17.0 Å². The van der Waals surface area contributed by atoms with Gasteiger partial charge in [-0.2, -0.15) is 10.5 Å². The summed E-state index contributed by atoms with van der Waals surface area (Å²) in [5, 5.41) is 37.7. The SMILES string of the molecule is CCN(CC(O)CN(C)C)c1ccc(/N=N/c2sc(C#N)c(C)c2C#N)c(C)c1. The Bertz CT molecular complexity index is 967. The molecule has 0 fully saturated rings. The van der Waals surface area contributed by atoms with Crippen LogP contribution in [0.25, 0.3) is 0 Å². The van der Waals surface area contributed by atoms with Gasteiger partial charge in [-0.25, -0.2) is 0 Å². The van der Waals surface area contributed by atoms with Gasteiger partial charge in [0.25, 0.3) is 0 Å². The Morgan fingerprint density at radius 1 is 1.14 bits per heavy atom. The second-order valence-electron chi connectivity index (χ2n) is 7.09. The number of rotatable bonds is 8. The third-order valence-electron chi connectivity index (χ3n) is 4.52. The van der Waals surface area contributed by atoms with Gasteiger partial charge in [0.15, 0.2) is 5.00 Å². The maximum atomic E-state index is 10.2. The molecule has 0 aliphatic carbocycles. The Labute approximate surface area is 176 Å². The van der Waals surface area contributed by atoms with E-state index in [2.05, 4.69) is 34.2 Å². The number of nitrogens with zero attached hydrogens (tertiary/aromatic N) is 6. The number of aliphatic hydroxyl groups is 1. The van der Waals surface area contributed by atoms with Gasteiger partial charge in [-0.05, 0) is 64.2 Å². The van der Waals surface area contributed by atoms with E-state index in [0.29, 0.717) is 39.8 Å². The van der Waals surface area contributed by atoms with E-state index in [0.717, 1.165) is 17.8 Å². The summed E-state index contributed by atoms with van der Waals surface area (Å²) in [5.41, 5.74) is 3.71. The van der Waals surface area contributed by atoms with Crippen LogP contribution < -0.4 is 4.90 Å². The normalized spacial score (nSPS) is 12.2. The molecule has 0 amide bonds. The second-order valence-corrected chi connectivity index (χ2v) is 8.08. The average Bonchev–Trinajstić information content (AvgIpc) is 2.99. The highest BCUT2D eigenvalue weighted by Gasteiger charge is 2.15. The molecule has 0 aliphatic heterocycles. The first-order valence-electron chi connectivity index (χ1n) is 9.34. The van der Waals surface area contributed by atoms with E-state index in [4.69, 9.17) is 5.26 Å². The Balaban J connectivity index is 2.22. The summed E-state index contributed by atoms with van der Waals surface area (Å²) in [6.45, 7) is 7.69. The fraction of sp³-hybridized carbons (Fsp3) is 0.429. The van der Waals surface area contributed by atoms with Gasteiger partial charge in [-0.3, -0.25) is 0 Å². The number of hydrogen-bond acceptors (Lipinski definition) is 8. The van der Waals surface area contributed by atoms with Crippen LogP contribution in [0.3, 0.4) is 0 Å².